The largest absolute Gasteiger partial charge is 0.342 e. The topological polar surface area (TPSA) is 141 Å². The van der Waals surface area contributed by atoms with Crippen LogP contribution >= 0.6 is 0 Å². The molecule has 1 unspecified atom stereocenters. The summed E-state index contributed by atoms with van der Waals surface area (Å²) in [4.78, 5) is 0. The van der Waals surface area contributed by atoms with E-state index in [4.69, 9.17) is 25.6 Å². The summed E-state index contributed by atoms with van der Waals surface area (Å²) in [7, 11) is -4.47. The van der Waals surface area contributed by atoms with E-state index in [0.29, 0.717) is 0 Å². The fourth-order valence-corrected chi connectivity index (χ4v) is 1.43. The minimum atomic E-state index is -4.47. The Bertz CT molecular complexity index is 249. The first-order valence-corrected chi connectivity index (χ1v) is 4.48. The third-order valence-electron chi connectivity index (χ3n) is 1.25. The Hall–Kier alpha value is -0.250. The molecule has 0 aliphatic carbocycles. The lowest BCUT2D eigenvalue weighted by atomic mass is 10.0. The predicted octanol–water partition coefficient (Wildman–Crippen LogP) is -2.78. The molecular formula is C4H11NO6S. The van der Waals surface area contributed by atoms with Gasteiger partial charge in [0, 0.05) is 0 Å². The van der Waals surface area contributed by atoms with Crippen molar-refractivity contribution in [2.75, 3.05) is 5.75 Å². The average molecular weight is 201 g/mol. The third kappa shape index (κ3) is 3.43. The number of rotatable bonds is 3. The van der Waals surface area contributed by atoms with Gasteiger partial charge in [-0.3, -0.25) is 4.55 Å². The summed E-state index contributed by atoms with van der Waals surface area (Å²) in [6.07, 6.45) is 0. The molecule has 8 heteroatoms. The quantitative estimate of drug-likeness (QED) is 0.245. The standard InChI is InChI=1S/C4H11NO6S/c1-3(5,4(6,7)8)2-12(9,10)11/h6-8H,2,5H2,1H3,(H,9,10,11). The van der Waals surface area contributed by atoms with Crippen molar-refractivity contribution in [3.05, 3.63) is 0 Å². The minimum absolute atomic E-state index is 0.862. The van der Waals surface area contributed by atoms with E-state index in [2.05, 4.69) is 0 Å². The van der Waals surface area contributed by atoms with Crippen molar-refractivity contribution in [1.82, 2.24) is 0 Å². The van der Waals surface area contributed by atoms with Gasteiger partial charge in [0.05, 0.1) is 0 Å². The zero-order chi connectivity index (χ0) is 10.2. The molecule has 0 aromatic heterocycles. The van der Waals surface area contributed by atoms with Crippen LogP contribution in [0.4, 0.5) is 0 Å². The second-order valence-corrected chi connectivity index (χ2v) is 4.23. The van der Waals surface area contributed by atoms with Gasteiger partial charge in [-0.2, -0.15) is 8.42 Å². The molecule has 0 aromatic carbocycles. The van der Waals surface area contributed by atoms with Crippen molar-refractivity contribution in [1.29, 1.82) is 0 Å². The van der Waals surface area contributed by atoms with E-state index in [1.165, 1.54) is 0 Å². The first-order valence-electron chi connectivity index (χ1n) is 2.87. The lowest BCUT2D eigenvalue weighted by molar-refractivity contribution is -0.341. The summed E-state index contributed by atoms with van der Waals surface area (Å²) in [6.45, 7) is 0.862. The van der Waals surface area contributed by atoms with Gasteiger partial charge >= 0.3 is 0 Å². The third-order valence-corrected chi connectivity index (χ3v) is 2.21. The van der Waals surface area contributed by atoms with Gasteiger partial charge in [0.1, 0.15) is 11.3 Å². The van der Waals surface area contributed by atoms with Gasteiger partial charge < -0.3 is 21.1 Å². The van der Waals surface area contributed by atoms with Gasteiger partial charge in [-0.1, -0.05) is 0 Å². The van der Waals surface area contributed by atoms with Crippen molar-refractivity contribution >= 4 is 10.1 Å². The zero-order valence-electron chi connectivity index (χ0n) is 6.30. The summed E-state index contributed by atoms with van der Waals surface area (Å²) in [6, 6.07) is 0. The van der Waals surface area contributed by atoms with E-state index < -0.39 is 27.4 Å². The molecule has 6 N–H and O–H groups in total. The van der Waals surface area contributed by atoms with Crippen LogP contribution in [-0.2, 0) is 10.1 Å². The van der Waals surface area contributed by atoms with Crippen LogP contribution in [0.3, 0.4) is 0 Å². The van der Waals surface area contributed by atoms with E-state index in [1.807, 2.05) is 0 Å². The van der Waals surface area contributed by atoms with Crippen LogP contribution in [0, 0.1) is 0 Å². The van der Waals surface area contributed by atoms with Crippen LogP contribution < -0.4 is 5.73 Å². The van der Waals surface area contributed by atoms with Gasteiger partial charge in [-0.25, -0.2) is 0 Å². The fourth-order valence-electron chi connectivity index (χ4n) is 0.476. The Morgan fingerprint density at radius 2 is 1.67 bits per heavy atom. The van der Waals surface area contributed by atoms with Crippen LogP contribution in [0.15, 0.2) is 0 Å². The summed E-state index contributed by atoms with van der Waals surface area (Å²) in [5.74, 6) is -4.52. The van der Waals surface area contributed by atoms with Gasteiger partial charge in [-0.15, -0.1) is 0 Å². The minimum Gasteiger partial charge on any atom is -0.342 e. The molecule has 0 rings (SSSR count). The summed E-state index contributed by atoms with van der Waals surface area (Å²) in [5, 5.41) is 25.6. The zero-order valence-corrected chi connectivity index (χ0v) is 7.11. The van der Waals surface area contributed by atoms with E-state index in [1.54, 1.807) is 0 Å². The number of nitrogens with two attached hydrogens (primary N) is 1. The second kappa shape index (κ2) is 2.91. The maximum Gasteiger partial charge on any atom is 0.295 e. The van der Waals surface area contributed by atoms with Gasteiger partial charge in [0.2, 0.25) is 0 Å². The first-order chi connectivity index (χ1) is 4.96. The highest BCUT2D eigenvalue weighted by Gasteiger charge is 2.44. The molecular weight excluding hydrogens is 190 g/mol. The Kier molecular flexibility index (Phi) is 2.85. The maximum atomic E-state index is 10.2. The predicted molar refractivity (Wildman–Crippen MR) is 38.4 cm³/mol. The van der Waals surface area contributed by atoms with Crippen LogP contribution in [0.25, 0.3) is 0 Å². The lowest BCUT2D eigenvalue weighted by Gasteiger charge is -2.31. The monoisotopic (exact) mass is 201 g/mol. The Morgan fingerprint density at radius 3 is 1.75 bits per heavy atom. The SMILES string of the molecule is CC(N)(CS(=O)(=O)O)C(O)(O)O. The molecule has 12 heavy (non-hydrogen) atoms. The van der Waals surface area contributed by atoms with Crippen molar-refractivity contribution in [3.8, 4) is 0 Å². The summed E-state index contributed by atoms with van der Waals surface area (Å²) < 4.78 is 28.7. The van der Waals surface area contributed by atoms with E-state index in [-0.39, 0.29) is 0 Å². The van der Waals surface area contributed by atoms with Crippen LogP contribution in [-0.4, -0.2) is 45.6 Å². The number of hydrogen-bond acceptors (Lipinski definition) is 6. The van der Waals surface area contributed by atoms with E-state index in [0.717, 1.165) is 6.92 Å². The van der Waals surface area contributed by atoms with Gasteiger partial charge in [0.25, 0.3) is 16.1 Å². The Balaban J connectivity index is 4.67. The normalized spacial score (nSPS) is 18.8. The molecule has 0 bridgehead atoms. The number of hydrogen-bond donors (Lipinski definition) is 5. The van der Waals surface area contributed by atoms with Crippen molar-refractivity contribution in [2.45, 2.75) is 18.4 Å². The average Bonchev–Trinajstić information content (AvgIpc) is 1.52. The molecule has 0 fully saturated rings. The molecule has 0 aliphatic rings. The van der Waals surface area contributed by atoms with Crippen LogP contribution in [0.1, 0.15) is 6.92 Å². The molecule has 0 radical (unpaired) electrons. The summed E-state index contributed by atoms with van der Waals surface area (Å²) >= 11 is 0. The molecule has 0 amide bonds. The molecule has 74 valence electrons. The summed E-state index contributed by atoms with van der Waals surface area (Å²) in [5.41, 5.74) is 2.74. The maximum absolute atomic E-state index is 10.2. The lowest BCUT2D eigenvalue weighted by Crippen LogP contribution is -2.62. The highest BCUT2D eigenvalue weighted by Crippen LogP contribution is 2.15. The van der Waals surface area contributed by atoms with Crippen molar-refractivity contribution in [3.63, 3.8) is 0 Å². The first kappa shape index (κ1) is 11.8. The number of aliphatic hydroxyl groups is 3. The molecule has 0 spiro atoms. The van der Waals surface area contributed by atoms with Crippen molar-refractivity contribution < 1.29 is 28.3 Å². The highest BCUT2D eigenvalue weighted by molar-refractivity contribution is 7.85. The smallest absolute Gasteiger partial charge is 0.295 e. The molecule has 0 aromatic rings. The second-order valence-electron chi connectivity index (χ2n) is 2.78. The molecule has 0 aliphatic heterocycles. The Labute approximate surface area is 69.2 Å². The van der Waals surface area contributed by atoms with E-state index in [9.17, 15) is 8.42 Å². The molecule has 7 nitrogen and oxygen atoms in total. The van der Waals surface area contributed by atoms with Crippen molar-refractivity contribution in [2.24, 2.45) is 5.73 Å². The Morgan fingerprint density at radius 1 is 1.33 bits per heavy atom. The van der Waals surface area contributed by atoms with Crippen LogP contribution in [0.2, 0.25) is 0 Å². The van der Waals surface area contributed by atoms with E-state index >= 15 is 0 Å². The molecule has 0 heterocycles. The van der Waals surface area contributed by atoms with Gasteiger partial charge in [0.15, 0.2) is 0 Å². The molecule has 1 atom stereocenters. The molecule has 0 saturated carbocycles. The highest BCUT2D eigenvalue weighted by atomic mass is 32.2. The van der Waals surface area contributed by atoms with Crippen LogP contribution in [0.5, 0.6) is 0 Å². The fraction of sp³-hybridized carbons (Fsp3) is 1.00. The van der Waals surface area contributed by atoms with Gasteiger partial charge in [-0.05, 0) is 6.92 Å². The molecule has 0 saturated heterocycles.